The van der Waals surface area contributed by atoms with Gasteiger partial charge in [-0.25, -0.2) is 0 Å². The summed E-state index contributed by atoms with van der Waals surface area (Å²) in [7, 11) is 0. The molecule has 0 unspecified atom stereocenters. The van der Waals surface area contributed by atoms with E-state index in [2.05, 4.69) is 52.0 Å². The summed E-state index contributed by atoms with van der Waals surface area (Å²) >= 11 is 0. The third kappa shape index (κ3) is 2.62. The fourth-order valence-corrected chi connectivity index (χ4v) is 3.01. The van der Waals surface area contributed by atoms with E-state index in [0.717, 1.165) is 11.8 Å². The maximum Gasteiger partial charge on any atom is -0.00934 e. The van der Waals surface area contributed by atoms with Crippen LogP contribution < -0.4 is 0 Å². The van der Waals surface area contributed by atoms with Crippen LogP contribution in [0.15, 0.2) is 35.4 Å². The highest BCUT2D eigenvalue weighted by Gasteiger charge is 2.26. The molecule has 0 aliphatic heterocycles. The van der Waals surface area contributed by atoms with Gasteiger partial charge in [-0.05, 0) is 51.0 Å². The second kappa shape index (κ2) is 5.08. The molecule has 92 valence electrons. The van der Waals surface area contributed by atoms with Crippen molar-refractivity contribution in [3.05, 3.63) is 46.5 Å². The lowest BCUT2D eigenvalue weighted by Gasteiger charge is -2.33. The summed E-state index contributed by atoms with van der Waals surface area (Å²) in [5, 5.41) is 0. The highest BCUT2D eigenvalue weighted by atomic mass is 14.3. The maximum atomic E-state index is 2.33. The van der Waals surface area contributed by atoms with E-state index in [-0.39, 0.29) is 0 Å². The SMILES string of the molecule is CC[C@H]1CC(C)=C(C)C[C@@H]1c1ccc(C)cc1. The Morgan fingerprint density at radius 3 is 2.12 bits per heavy atom. The van der Waals surface area contributed by atoms with Gasteiger partial charge in [0.2, 0.25) is 0 Å². The Morgan fingerprint density at radius 1 is 0.941 bits per heavy atom. The molecule has 0 radical (unpaired) electrons. The summed E-state index contributed by atoms with van der Waals surface area (Å²) in [5.74, 6) is 1.57. The average Bonchev–Trinajstić information content (AvgIpc) is 2.33. The van der Waals surface area contributed by atoms with E-state index in [0.29, 0.717) is 0 Å². The highest BCUT2D eigenvalue weighted by Crippen LogP contribution is 2.41. The number of hydrogen-bond acceptors (Lipinski definition) is 0. The molecule has 1 aliphatic rings. The summed E-state index contributed by atoms with van der Waals surface area (Å²) in [6.07, 6.45) is 3.84. The number of hydrogen-bond donors (Lipinski definition) is 0. The smallest absolute Gasteiger partial charge is 0.00934 e. The first-order valence-electron chi connectivity index (χ1n) is 6.83. The third-order valence-electron chi connectivity index (χ3n) is 4.42. The Bertz CT molecular complexity index is 408. The number of allylic oxidation sites excluding steroid dienone is 2. The van der Waals surface area contributed by atoms with Crippen LogP contribution in [-0.2, 0) is 0 Å². The molecule has 0 nitrogen and oxygen atoms in total. The van der Waals surface area contributed by atoms with Crippen molar-refractivity contribution in [2.45, 2.75) is 52.9 Å². The molecule has 0 fully saturated rings. The van der Waals surface area contributed by atoms with Gasteiger partial charge < -0.3 is 0 Å². The minimum absolute atomic E-state index is 0.740. The second-order valence-corrected chi connectivity index (χ2v) is 5.65. The summed E-state index contributed by atoms with van der Waals surface area (Å²) in [4.78, 5) is 0. The van der Waals surface area contributed by atoms with E-state index < -0.39 is 0 Å². The van der Waals surface area contributed by atoms with Crippen molar-refractivity contribution in [2.75, 3.05) is 0 Å². The quantitative estimate of drug-likeness (QED) is 0.608. The van der Waals surface area contributed by atoms with Crippen molar-refractivity contribution < 1.29 is 0 Å². The van der Waals surface area contributed by atoms with Crippen LogP contribution >= 0.6 is 0 Å². The van der Waals surface area contributed by atoms with Crippen molar-refractivity contribution in [1.29, 1.82) is 0 Å². The van der Waals surface area contributed by atoms with Crippen LogP contribution in [0.3, 0.4) is 0 Å². The standard InChI is InChI=1S/C17H24/c1-5-15-10-13(3)14(4)11-17(15)16-8-6-12(2)7-9-16/h6-9,15,17H,5,10-11H2,1-4H3/t15-,17-/m0/s1. The number of rotatable bonds is 2. The van der Waals surface area contributed by atoms with Gasteiger partial charge in [0, 0.05) is 0 Å². The molecule has 1 aromatic carbocycles. The molecule has 1 aliphatic carbocycles. The van der Waals surface area contributed by atoms with Gasteiger partial charge in [-0.15, -0.1) is 0 Å². The van der Waals surface area contributed by atoms with Crippen LogP contribution in [0.25, 0.3) is 0 Å². The van der Waals surface area contributed by atoms with Crippen molar-refractivity contribution in [3.63, 3.8) is 0 Å². The minimum atomic E-state index is 0.740. The van der Waals surface area contributed by atoms with Crippen molar-refractivity contribution >= 4 is 0 Å². The second-order valence-electron chi connectivity index (χ2n) is 5.65. The zero-order valence-corrected chi connectivity index (χ0v) is 11.6. The topological polar surface area (TPSA) is 0 Å². The van der Waals surface area contributed by atoms with Crippen LogP contribution in [0, 0.1) is 12.8 Å². The van der Waals surface area contributed by atoms with Gasteiger partial charge in [-0.3, -0.25) is 0 Å². The molecule has 17 heavy (non-hydrogen) atoms. The largest absolute Gasteiger partial charge is 0.0741 e. The van der Waals surface area contributed by atoms with Crippen molar-refractivity contribution in [2.24, 2.45) is 5.92 Å². The first kappa shape index (κ1) is 12.4. The Kier molecular flexibility index (Phi) is 3.71. The summed E-state index contributed by atoms with van der Waals surface area (Å²) < 4.78 is 0. The summed E-state index contributed by atoms with van der Waals surface area (Å²) in [6.45, 7) is 9.11. The van der Waals surface area contributed by atoms with Crippen LogP contribution in [-0.4, -0.2) is 0 Å². The van der Waals surface area contributed by atoms with Crippen LogP contribution in [0.4, 0.5) is 0 Å². The molecule has 0 saturated heterocycles. The Balaban J connectivity index is 2.28. The lowest BCUT2D eigenvalue weighted by Crippen LogP contribution is -2.18. The molecule has 0 aromatic heterocycles. The van der Waals surface area contributed by atoms with Crippen molar-refractivity contribution in [3.8, 4) is 0 Å². The summed E-state index contributed by atoms with van der Waals surface area (Å²) in [6, 6.07) is 9.16. The van der Waals surface area contributed by atoms with E-state index in [9.17, 15) is 0 Å². The molecule has 2 atom stereocenters. The molecule has 0 N–H and O–H groups in total. The fraction of sp³-hybridized carbons (Fsp3) is 0.529. The van der Waals surface area contributed by atoms with E-state index in [4.69, 9.17) is 0 Å². The van der Waals surface area contributed by atoms with E-state index in [1.807, 2.05) is 0 Å². The van der Waals surface area contributed by atoms with E-state index >= 15 is 0 Å². The normalized spacial score (nSPS) is 25.2. The van der Waals surface area contributed by atoms with Gasteiger partial charge in [0.1, 0.15) is 0 Å². The third-order valence-corrected chi connectivity index (χ3v) is 4.42. The zero-order chi connectivity index (χ0) is 12.4. The van der Waals surface area contributed by atoms with Gasteiger partial charge in [0.15, 0.2) is 0 Å². The van der Waals surface area contributed by atoms with Gasteiger partial charge >= 0.3 is 0 Å². The summed E-state index contributed by atoms with van der Waals surface area (Å²) in [5.41, 5.74) is 6.14. The lowest BCUT2D eigenvalue weighted by atomic mass is 9.72. The molecule has 0 bridgehead atoms. The van der Waals surface area contributed by atoms with E-state index in [1.165, 1.54) is 30.4 Å². The average molecular weight is 228 g/mol. The lowest BCUT2D eigenvalue weighted by molar-refractivity contribution is 0.380. The molecule has 2 rings (SSSR count). The predicted molar refractivity (Wildman–Crippen MR) is 75.3 cm³/mol. The van der Waals surface area contributed by atoms with Gasteiger partial charge in [0.25, 0.3) is 0 Å². The zero-order valence-electron chi connectivity index (χ0n) is 11.6. The minimum Gasteiger partial charge on any atom is -0.0741 e. The van der Waals surface area contributed by atoms with Gasteiger partial charge in [-0.2, -0.15) is 0 Å². The molecule has 0 amide bonds. The van der Waals surface area contributed by atoms with Gasteiger partial charge in [0.05, 0.1) is 0 Å². The fourth-order valence-electron chi connectivity index (χ4n) is 3.01. The Morgan fingerprint density at radius 2 is 1.53 bits per heavy atom. The molecular weight excluding hydrogens is 204 g/mol. The molecule has 0 heterocycles. The molecule has 0 spiro atoms. The van der Waals surface area contributed by atoms with Gasteiger partial charge in [-0.1, -0.05) is 54.3 Å². The highest BCUT2D eigenvalue weighted by molar-refractivity contribution is 5.29. The first-order valence-corrected chi connectivity index (χ1v) is 6.83. The number of benzene rings is 1. The van der Waals surface area contributed by atoms with E-state index in [1.54, 1.807) is 11.1 Å². The van der Waals surface area contributed by atoms with Crippen LogP contribution in [0.1, 0.15) is 57.1 Å². The Hall–Kier alpha value is -1.04. The van der Waals surface area contributed by atoms with Crippen LogP contribution in [0.2, 0.25) is 0 Å². The molecular formula is C17H24. The predicted octanol–water partition coefficient (Wildman–Crippen LogP) is 5.24. The molecule has 0 saturated carbocycles. The van der Waals surface area contributed by atoms with Crippen LogP contribution in [0.5, 0.6) is 0 Å². The number of aryl methyl sites for hydroxylation is 1. The molecule has 1 aromatic rings. The van der Waals surface area contributed by atoms with Crippen molar-refractivity contribution in [1.82, 2.24) is 0 Å². The maximum absolute atomic E-state index is 2.33. The molecule has 0 heteroatoms. The first-order chi connectivity index (χ1) is 8.11. The monoisotopic (exact) mass is 228 g/mol. The Labute approximate surface area is 106 Å².